The number of aromatic nitrogens is 1. The maximum atomic E-state index is 10.6. The molecule has 1 aliphatic carbocycles. The van der Waals surface area contributed by atoms with Gasteiger partial charge in [0.25, 0.3) is 0 Å². The Hall–Kier alpha value is -2.11. The summed E-state index contributed by atoms with van der Waals surface area (Å²) in [4.78, 5) is 4.29. The molecule has 0 radical (unpaired) electrons. The lowest BCUT2D eigenvalue weighted by atomic mass is 9.85. The van der Waals surface area contributed by atoms with Crippen LogP contribution in [-0.2, 0) is 13.2 Å². The summed E-state index contributed by atoms with van der Waals surface area (Å²) in [7, 11) is 1.66. The molecule has 1 heterocycles. The predicted octanol–water partition coefficient (Wildman–Crippen LogP) is 3.45. The van der Waals surface area contributed by atoms with Crippen LogP contribution in [0.3, 0.4) is 0 Å². The van der Waals surface area contributed by atoms with Gasteiger partial charge in [0, 0.05) is 24.8 Å². The highest BCUT2D eigenvalue weighted by Crippen LogP contribution is 2.28. The molecule has 0 amide bonds. The number of methoxy groups -OCH3 is 1. The maximum absolute atomic E-state index is 10.6. The van der Waals surface area contributed by atoms with Gasteiger partial charge in [-0.25, -0.2) is 0 Å². The molecule has 1 fully saturated rings. The summed E-state index contributed by atoms with van der Waals surface area (Å²) in [6.07, 6.45) is 6.96. The molecule has 0 spiro atoms. The lowest BCUT2D eigenvalue weighted by Gasteiger charge is -2.32. The number of benzene rings is 1. The van der Waals surface area contributed by atoms with E-state index in [-0.39, 0.29) is 0 Å². The number of aliphatic hydroxyl groups is 1. The highest BCUT2D eigenvalue weighted by Gasteiger charge is 2.28. The number of hydrogen-bond acceptors (Lipinski definition) is 5. The summed E-state index contributed by atoms with van der Waals surface area (Å²) in [5.41, 5.74) is 1.32. The zero-order valence-corrected chi connectivity index (χ0v) is 15.4. The Balaban J connectivity index is 1.62. The quantitative estimate of drug-likeness (QED) is 0.758. The van der Waals surface area contributed by atoms with Crippen molar-refractivity contribution < 1.29 is 14.6 Å². The van der Waals surface area contributed by atoms with Gasteiger partial charge in [0.2, 0.25) is 0 Å². The van der Waals surface area contributed by atoms with Crippen LogP contribution in [-0.4, -0.2) is 29.3 Å². The van der Waals surface area contributed by atoms with Gasteiger partial charge in [-0.3, -0.25) is 4.98 Å². The van der Waals surface area contributed by atoms with E-state index in [9.17, 15) is 5.11 Å². The van der Waals surface area contributed by atoms with Crippen molar-refractivity contribution in [2.75, 3.05) is 13.7 Å². The fourth-order valence-electron chi connectivity index (χ4n) is 3.41. The van der Waals surface area contributed by atoms with Crippen molar-refractivity contribution in [1.82, 2.24) is 10.3 Å². The molecule has 1 saturated carbocycles. The fraction of sp³-hybridized carbons (Fsp3) is 0.476. The largest absolute Gasteiger partial charge is 0.497 e. The highest BCUT2D eigenvalue weighted by molar-refractivity contribution is 5.40. The van der Waals surface area contributed by atoms with E-state index in [0.717, 1.165) is 48.4 Å². The number of pyridine rings is 1. The minimum atomic E-state index is -0.577. The molecule has 0 unspecified atom stereocenters. The van der Waals surface area contributed by atoms with Crippen LogP contribution >= 0.6 is 0 Å². The number of nitrogens with zero attached hydrogens (tertiary/aromatic N) is 1. The SMILES string of the molecule is COc1ccc(OCc2ccccn2)c(CNCC2(O)CCCCC2)c1. The Bertz CT molecular complexity index is 685. The van der Waals surface area contributed by atoms with Crippen LogP contribution in [0.4, 0.5) is 0 Å². The summed E-state index contributed by atoms with van der Waals surface area (Å²) in [5.74, 6) is 1.60. The third-order valence-corrected chi connectivity index (χ3v) is 4.92. The zero-order valence-electron chi connectivity index (χ0n) is 15.4. The van der Waals surface area contributed by atoms with Crippen molar-refractivity contribution in [3.8, 4) is 11.5 Å². The molecule has 5 nitrogen and oxygen atoms in total. The van der Waals surface area contributed by atoms with Gasteiger partial charge in [-0.15, -0.1) is 0 Å². The van der Waals surface area contributed by atoms with E-state index in [0.29, 0.717) is 19.7 Å². The molecule has 26 heavy (non-hydrogen) atoms. The molecule has 5 heteroatoms. The molecule has 1 aromatic carbocycles. The van der Waals surface area contributed by atoms with Crippen molar-refractivity contribution in [2.45, 2.75) is 50.9 Å². The monoisotopic (exact) mass is 356 g/mol. The van der Waals surface area contributed by atoms with E-state index < -0.39 is 5.60 Å². The van der Waals surface area contributed by atoms with E-state index in [1.54, 1.807) is 13.3 Å². The number of rotatable bonds is 8. The molecule has 140 valence electrons. The van der Waals surface area contributed by atoms with E-state index >= 15 is 0 Å². The van der Waals surface area contributed by atoms with E-state index in [1.165, 1.54) is 6.42 Å². The molecule has 3 rings (SSSR count). The van der Waals surface area contributed by atoms with Gasteiger partial charge in [-0.05, 0) is 43.2 Å². The molecule has 2 aromatic rings. The number of hydrogen-bond donors (Lipinski definition) is 2. The van der Waals surface area contributed by atoms with Gasteiger partial charge in [0.05, 0.1) is 18.4 Å². The third kappa shape index (κ3) is 5.19. The smallest absolute Gasteiger partial charge is 0.130 e. The topological polar surface area (TPSA) is 63.6 Å². The Kier molecular flexibility index (Phi) is 6.47. The normalized spacial score (nSPS) is 16.2. The van der Waals surface area contributed by atoms with Gasteiger partial charge in [-0.1, -0.05) is 25.3 Å². The summed E-state index contributed by atoms with van der Waals surface area (Å²) in [6, 6.07) is 11.6. The minimum Gasteiger partial charge on any atom is -0.497 e. The lowest BCUT2D eigenvalue weighted by molar-refractivity contribution is 0.00463. The number of ether oxygens (including phenoxy) is 2. The first kappa shape index (κ1) is 18.7. The number of nitrogens with one attached hydrogen (secondary N) is 1. The molecular weight excluding hydrogens is 328 g/mol. The van der Waals surface area contributed by atoms with Gasteiger partial charge >= 0.3 is 0 Å². The van der Waals surface area contributed by atoms with Crippen molar-refractivity contribution >= 4 is 0 Å². The molecule has 0 atom stereocenters. The minimum absolute atomic E-state index is 0.421. The van der Waals surface area contributed by atoms with Crippen molar-refractivity contribution in [3.63, 3.8) is 0 Å². The first-order valence-electron chi connectivity index (χ1n) is 9.31. The molecular formula is C21H28N2O3. The second kappa shape index (κ2) is 9.01. The third-order valence-electron chi connectivity index (χ3n) is 4.92. The van der Waals surface area contributed by atoms with E-state index in [4.69, 9.17) is 9.47 Å². The average molecular weight is 356 g/mol. The van der Waals surface area contributed by atoms with Gasteiger partial charge < -0.3 is 19.9 Å². The highest BCUT2D eigenvalue weighted by atomic mass is 16.5. The lowest BCUT2D eigenvalue weighted by Crippen LogP contribution is -2.41. The first-order valence-corrected chi connectivity index (χ1v) is 9.31. The second-order valence-electron chi connectivity index (χ2n) is 6.97. The summed E-state index contributed by atoms with van der Waals surface area (Å²) in [6.45, 7) is 1.64. The predicted molar refractivity (Wildman–Crippen MR) is 101 cm³/mol. The van der Waals surface area contributed by atoms with Crippen LogP contribution in [0.5, 0.6) is 11.5 Å². The van der Waals surface area contributed by atoms with Crippen LogP contribution < -0.4 is 14.8 Å². The Morgan fingerprint density at radius 3 is 2.73 bits per heavy atom. The molecule has 1 aliphatic rings. The standard InChI is InChI=1S/C21H28N2O3/c1-25-19-8-9-20(26-15-18-7-3-6-12-23-18)17(13-19)14-22-16-21(24)10-4-2-5-11-21/h3,6-9,12-13,22,24H,2,4-5,10-11,14-16H2,1H3. The summed E-state index contributed by atoms with van der Waals surface area (Å²) >= 11 is 0. The van der Waals surface area contributed by atoms with E-state index in [2.05, 4.69) is 10.3 Å². The van der Waals surface area contributed by atoms with Crippen LogP contribution in [0.1, 0.15) is 43.4 Å². The van der Waals surface area contributed by atoms with Crippen molar-refractivity contribution in [2.24, 2.45) is 0 Å². The van der Waals surface area contributed by atoms with Crippen molar-refractivity contribution in [3.05, 3.63) is 53.9 Å². The Morgan fingerprint density at radius 1 is 1.15 bits per heavy atom. The fourth-order valence-corrected chi connectivity index (χ4v) is 3.41. The van der Waals surface area contributed by atoms with Gasteiger partial charge in [0.15, 0.2) is 0 Å². The molecule has 0 bridgehead atoms. The van der Waals surface area contributed by atoms with Crippen LogP contribution in [0.25, 0.3) is 0 Å². The molecule has 2 N–H and O–H groups in total. The Labute approximate surface area is 155 Å². The van der Waals surface area contributed by atoms with Gasteiger partial charge in [0.1, 0.15) is 18.1 Å². The van der Waals surface area contributed by atoms with Gasteiger partial charge in [-0.2, -0.15) is 0 Å². The van der Waals surface area contributed by atoms with Crippen molar-refractivity contribution in [1.29, 1.82) is 0 Å². The summed E-state index contributed by atoms with van der Waals surface area (Å²) in [5, 5.41) is 14.0. The first-order chi connectivity index (χ1) is 12.7. The molecule has 1 aromatic heterocycles. The van der Waals surface area contributed by atoms with Crippen LogP contribution in [0, 0.1) is 0 Å². The summed E-state index contributed by atoms with van der Waals surface area (Å²) < 4.78 is 11.3. The molecule has 0 saturated heterocycles. The second-order valence-corrected chi connectivity index (χ2v) is 6.97. The average Bonchev–Trinajstić information content (AvgIpc) is 2.68. The van der Waals surface area contributed by atoms with Crippen LogP contribution in [0.15, 0.2) is 42.6 Å². The Morgan fingerprint density at radius 2 is 2.00 bits per heavy atom. The van der Waals surface area contributed by atoms with E-state index in [1.807, 2.05) is 36.4 Å². The van der Waals surface area contributed by atoms with Crippen LogP contribution in [0.2, 0.25) is 0 Å². The maximum Gasteiger partial charge on any atom is 0.130 e. The zero-order chi connectivity index (χ0) is 18.2. The molecule has 0 aliphatic heterocycles.